The molecule has 0 radical (unpaired) electrons. The minimum absolute atomic E-state index is 0.139. The lowest BCUT2D eigenvalue weighted by Gasteiger charge is -2.04. The van der Waals surface area contributed by atoms with E-state index in [1.54, 1.807) is 19.2 Å². The zero-order chi connectivity index (χ0) is 9.68. The minimum Gasteiger partial charge on any atom is -0.496 e. The molecular weight excluding hydrogens is 190 g/mol. The third-order valence-corrected chi connectivity index (χ3v) is 2.38. The van der Waals surface area contributed by atoms with E-state index >= 15 is 0 Å². The molecule has 0 aliphatic heterocycles. The van der Waals surface area contributed by atoms with E-state index in [4.69, 9.17) is 4.74 Å². The van der Waals surface area contributed by atoms with Crippen LogP contribution in [0, 0.1) is 10.1 Å². The average Bonchev–Trinajstić information content (AvgIpc) is 2.15. The van der Waals surface area contributed by atoms with E-state index in [0.717, 1.165) is 16.7 Å². The number of ether oxygens (including phenoxy) is 1. The summed E-state index contributed by atoms with van der Waals surface area (Å²) < 4.78 is 5.03. The van der Waals surface area contributed by atoms with Crippen LogP contribution in [0.2, 0.25) is 0 Å². The number of benzene rings is 1. The largest absolute Gasteiger partial charge is 0.496 e. The van der Waals surface area contributed by atoms with E-state index in [0.29, 0.717) is 5.75 Å². The van der Waals surface area contributed by atoms with E-state index in [-0.39, 0.29) is 10.8 Å². The standard InChI is InChI=1S/C8H9NO3S/c1-12-7-4-2-3-5-8(7)13-6-9(10)11/h2-5H,6H2,1H3. The first-order valence-electron chi connectivity index (χ1n) is 3.61. The molecule has 0 aromatic heterocycles. The van der Waals surface area contributed by atoms with Crippen LogP contribution in [0.25, 0.3) is 0 Å². The summed E-state index contributed by atoms with van der Waals surface area (Å²) in [6.07, 6.45) is 0. The molecule has 70 valence electrons. The first-order valence-corrected chi connectivity index (χ1v) is 4.60. The Bertz CT molecular complexity index is 303. The maximum Gasteiger partial charge on any atom is 0.253 e. The number of thioether (sulfide) groups is 1. The molecule has 4 nitrogen and oxygen atoms in total. The average molecular weight is 199 g/mol. The van der Waals surface area contributed by atoms with Crippen LogP contribution in [0.5, 0.6) is 5.75 Å². The Morgan fingerprint density at radius 3 is 2.85 bits per heavy atom. The van der Waals surface area contributed by atoms with Crippen LogP contribution in [0.4, 0.5) is 0 Å². The molecule has 0 unspecified atom stereocenters. The topological polar surface area (TPSA) is 52.4 Å². The first-order chi connectivity index (χ1) is 6.24. The fraction of sp³-hybridized carbons (Fsp3) is 0.250. The first kappa shape index (κ1) is 9.85. The molecular formula is C8H9NO3S. The third kappa shape index (κ3) is 2.95. The lowest BCUT2D eigenvalue weighted by Crippen LogP contribution is -1.95. The van der Waals surface area contributed by atoms with E-state index in [9.17, 15) is 10.1 Å². The Morgan fingerprint density at radius 1 is 1.54 bits per heavy atom. The van der Waals surface area contributed by atoms with Crippen LogP contribution in [0.3, 0.4) is 0 Å². The summed E-state index contributed by atoms with van der Waals surface area (Å²) in [6.45, 7) is 0. The van der Waals surface area contributed by atoms with Crippen molar-refractivity contribution in [2.75, 3.05) is 13.0 Å². The number of hydrogen-bond acceptors (Lipinski definition) is 4. The van der Waals surface area contributed by atoms with Gasteiger partial charge < -0.3 is 4.74 Å². The van der Waals surface area contributed by atoms with Gasteiger partial charge in [-0.25, -0.2) is 0 Å². The zero-order valence-electron chi connectivity index (χ0n) is 7.10. The van der Waals surface area contributed by atoms with Gasteiger partial charge in [0.1, 0.15) is 5.75 Å². The summed E-state index contributed by atoms with van der Waals surface area (Å²) in [6, 6.07) is 7.23. The normalized spacial score (nSPS) is 9.62. The molecule has 0 bridgehead atoms. The lowest BCUT2D eigenvalue weighted by atomic mass is 10.3. The van der Waals surface area contributed by atoms with Gasteiger partial charge in [-0.15, -0.1) is 0 Å². The summed E-state index contributed by atoms with van der Waals surface area (Å²) >= 11 is 1.16. The van der Waals surface area contributed by atoms with Crippen molar-refractivity contribution in [1.29, 1.82) is 0 Å². The molecule has 0 spiro atoms. The van der Waals surface area contributed by atoms with Crippen molar-refractivity contribution >= 4 is 11.8 Å². The molecule has 0 atom stereocenters. The van der Waals surface area contributed by atoms with Crippen LogP contribution in [0.15, 0.2) is 29.2 Å². The molecule has 0 saturated carbocycles. The fourth-order valence-electron chi connectivity index (χ4n) is 0.860. The fourth-order valence-corrected chi connectivity index (χ4v) is 1.57. The highest BCUT2D eigenvalue weighted by molar-refractivity contribution is 7.99. The Kier molecular flexibility index (Phi) is 3.57. The number of rotatable bonds is 4. The quantitative estimate of drug-likeness (QED) is 0.322. The van der Waals surface area contributed by atoms with Gasteiger partial charge in [0.05, 0.1) is 12.0 Å². The molecule has 0 heterocycles. The van der Waals surface area contributed by atoms with E-state index in [2.05, 4.69) is 0 Å². The monoisotopic (exact) mass is 199 g/mol. The molecule has 1 rings (SSSR count). The molecule has 0 saturated heterocycles. The predicted octanol–water partition coefficient (Wildman–Crippen LogP) is 2.02. The van der Waals surface area contributed by atoms with Crippen LogP contribution >= 0.6 is 11.8 Å². The maximum absolute atomic E-state index is 10.1. The number of para-hydroxylation sites is 1. The van der Waals surface area contributed by atoms with Gasteiger partial charge >= 0.3 is 0 Å². The van der Waals surface area contributed by atoms with Crippen LogP contribution < -0.4 is 4.74 Å². The van der Waals surface area contributed by atoms with E-state index < -0.39 is 0 Å². The Hall–Kier alpha value is -1.23. The van der Waals surface area contributed by atoms with E-state index in [1.807, 2.05) is 12.1 Å². The van der Waals surface area contributed by atoms with Gasteiger partial charge in [-0.2, -0.15) is 0 Å². The number of methoxy groups -OCH3 is 1. The van der Waals surface area contributed by atoms with E-state index in [1.165, 1.54) is 0 Å². The molecule has 0 fully saturated rings. The van der Waals surface area contributed by atoms with Gasteiger partial charge in [0.2, 0.25) is 0 Å². The van der Waals surface area contributed by atoms with Crippen LogP contribution in [0.1, 0.15) is 0 Å². The van der Waals surface area contributed by atoms with Crippen LogP contribution in [-0.2, 0) is 0 Å². The summed E-state index contributed by atoms with van der Waals surface area (Å²) in [5.74, 6) is 0.537. The molecule has 0 aliphatic rings. The summed E-state index contributed by atoms with van der Waals surface area (Å²) in [5.41, 5.74) is 0. The minimum atomic E-state index is -0.364. The molecule has 5 heteroatoms. The molecule has 0 N–H and O–H groups in total. The third-order valence-electron chi connectivity index (χ3n) is 1.39. The number of hydrogen-bond donors (Lipinski definition) is 0. The van der Waals surface area contributed by atoms with Gasteiger partial charge in [-0.05, 0) is 23.9 Å². The molecule has 0 aliphatic carbocycles. The van der Waals surface area contributed by atoms with Gasteiger partial charge in [0.15, 0.2) is 0 Å². The van der Waals surface area contributed by atoms with Gasteiger partial charge in [-0.1, -0.05) is 12.1 Å². The van der Waals surface area contributed by atoms with Crippen molar-refractivity contribution < 1.29 is 9.66 Å². The molecule has 1 aromatic rings. The van der Waals surface area contributed by atoms with Crippen molar-refractivity contribution in [2.45, 2.75) is 4.90 Å². The Balaban J connectivity index is 2.69. The highest BCUT2D eigenvalue weighted by Gasteiger charge is 2.05. The number of nitro groups is 1. The summed E-state index contributed by atoms with van der Waals surface area (Å²) in [5, 5.41) is 10.1. The predicted molar refractivity (Wildman–Crippen MR) is 50.7 cm³/mol. The Morgan fingerprint density at radius 2 is 2.23 bits per heavy atom. The highest BCUT2D eigenvalue weighted by Crippen LogP contribution is 2.28. The van der Waals surface area contributed by atoms with Crippen molar-refractivity contribution in [3.05, 3.63) is 34.4 Å². The summed E-state index contributed by atoms with van der Waals surface area (Å²) in [7, 11) is 1.55. The van der Waals surface area contributed by atoms with Gasteiger partial charge in [0.25, 0.3) is 5.88 Å². The zero-order valence-corrected chi connectivity index (χ0v) is 7.91. The molecule has 1 aromatic carbocycles. The van der Waals surface area contributed by atoms with Crippen LogP contribution in [-0.4, -0.2) is 17.9 Å². The molecule has 0 amide bonds. The van der Waals surface area contributed by atoms with Crippen molar-refractivity contribution in [3.8, 4) is 5.75 Å². The van der Waals surface area contributed by atoms with Crippen molar-refractivity contribution in [1.82, 2.24) is 0 Å². The second-order valence-corrected chi connectivity index (χ2v) is 3.24. The van der Waals surface area contributed by atoms with Crippen molar-refractivity contribution in [3.63, 3.8) is 0 Å². The van der Waals surface area contributed by atoms with Gasteiger partial charge in [0, 0.05) is 4.92 Å². The maximum atomic E-state index is 10.1. The van der Waals surface area contributed by atoms with Gasteiger partial charge in [-0.3, -0.25) is 10.1 Å². The molecule has 13 heavy (non-hydrogen) atoms. The number of nitrogens with zero attached hydrogens (tertiary/aromatic N) is 1. The SMILES string of the molecule is COc1ccccc1SC[N+](=O)[O-]. The second kappa shape index (κ2) is 4.71. The van der Waals surface area contributed by atoms with Crippen molar-refractivity contribution in [2.24, 2.45) is 0 Å². The Labute approximate surface area is 80.1 Å². The second-order valence-electron chi connectivity index (χ2n) is 2.26. The smallest absolute Gasteiger partial charge is 0.253 e. The summed E-state index contributed by atoms with van der Waals surface area (Å²) in [4.78, 5) is 10.5. The highest BCUT2D eigenvalue weighted by atomic mass is 32.2. The lowest BCUT2D eigenvalue weighted by molar-refractivity contribution is -0.456.